The van der Waals surface area contributed by atoms with Crippen molar-refractivity contribution < 1.29 is 13.2 Å². The summed E-state index contributed by atoms with van der Waals surface area (Å²) in [7, 11) is 0. The molecule has 0 aromatic heterocycles. The average molecular weight is 215 g/mol. The lowest BCUT2D eigenvalue weighted by Gasteiger charge is -2.24. The van der Waals surface area contributed by atoms with Crippen LogP contribution in [0.3, 0.4) is 0 Å². The third-order valence-corrected chi connectivity index (χ3v) is 2.83. The van der Waals surface area contributed by atoms with Crippen LogP contribution < -0.4 is 5.73 Å². The first-order chi connectivity index (χ1) is 6.98. The number of halogens is 3. The Morgan fingerprint density at radius 1 is 1.27 bits per heavy atom. The van der Waals surface area contributed by atoms with E-state index < -0.39 is 11.7 Å². The molecule has 1 atom stereocenters. The number of hydrogen-bond donors (Lipinski definition) is 1. The van der Waals surface area contributed by atoms with E-state index in [9.17, 15) is 13.2 Å². The minimum Gasteiger partial charge on any atom is -0.327 e. The van der Waals surface area contributed by atoms with Crippen LogP contribution in [-0.4, -0.2) is 6.04 Å². The fourth-order valence-corrected chi connectivity index (χ4v) is 2.10. The standard InChI is InChI=1S/C11H12F3N/c12-11(13,14)10-3-1-2-7-6-8(15)4-5-9(7)10/h1-3,8H,4-6,15H2. The smallest absolute Gasteiger partial charge is 0.327 e. The van der Waals surface area contributed by atoms with Crippen LogP contribution in [0.25, 0.3) is 0 Å². The minimum absolute atomic E-state index is 0.000911. The summed E-state index contributed by atoms with van der Waals surface area (Å²) in [4.78, 5) is 0. The summed E-state index contributed by atoms with van der Waals surface area (Å²) in [6.07, 6.45) is -2.61. The first-order valence-corrected chi connectivity index (χ1v) is 4.92. The molecule has 2 N–H and O–H groups in total. The summed E-state index contributed by atoms with van der Waals surface area (Å²) >= 11 is 0. The van der Waals surface area contributed by atoms with Crippen molar-refractivity contribution in [3.05, 3.63) is 34.9 Å². The highest BCUT2D eigenvalue weighted by molar-refractivity contribution is 5.39. The Labute approximate surface area is 86.1 Å². The van der Waals surface area contributed by atoms with Crippen LogP contribution in [0.15, 0.2) is 18.2 Å². The van der Waals surface area contributed by atoms with Crippen molar-refractivity contribution in [1.29, 1.82) is 0 Å². The molecule has 1 aliphatic rings. The molecule has 1 aliphatic carbocycles. The van der Waals surface area contributed by atoms with Gasteiger partial charge in [-0.1, -0.05) is 12.1 Å². The lowest BCUT2D eigenvalue weighted by Crippen LogP contribution is -2.29. The fourth-order valence-electron chi connectivity index (χ4n) is 2.10. The van der Waals surface area contributed by atoms with Gasteiger partial charge in [-0.3, -0.25) is 0 Å². The van der Waals surface area contributed by atoms with Gasteiger partial charge in [0.05, 0.1) is 5.56 Å². The van der Waals surface area contributed by atoms with Gasteiger partial charge >= 0.3 is 6.18 Å². The van der Waals surface area contributed by atoms with Gasteiger partial charge < -0.3 is 5.73 Å². The first kappa shape index (κ1) is 10.5. The molecular formula is C11H12F3N. The van der Waals surface area contributed by atoms with E-state index in [4.69, 9.17) is 5.73 Å². The van der Waals surface area contributed by atoms with E-state index in [0.29, 0.717) is 24.8 Å². The predicted octanol–water partition coefficient (Wildman–Crippen LogP) is 2.52. The normalized spacial score (nSPS) is 21.2. The van der Waals surface area contributed by atoms with Crippen LogP contribution in [-0.2, 0) is 19.0 Å². The minimum atomic E-state index is -4.24. The van der Waals surface area contributed by atoms with Gasteiger partial charge in [-0.25, -0.2) is 0 Å². The molecule has 0 saturated carbocycles. The number of alkyl halides is 3. The van der Waals surface area contributed by atoms with E-state index in [2.05, 4.69) is 0 Å². The van der Waals surface area contributed by atoms with Crippen LogP contribution in [0.4, 0.5) is 13.2 Å². The van der Waals surface area contributed by atoms with Crippen molar-refractivity contribution in [2.45, 2.75) is 31.5 Å². The Morgan fingerprint density at radius 3 is 2.67 bits per heavy atom. The second kappa shape index (κ2) is 3.52. The van der Waals surface area contributed by atoms with Gasteiger partial charge in [-0.2, -0.15) is 13.2 Å². The topological polar surface area (TPSA) is 26.0 Å². The van der Waals surface area contributed by atoms with E-state index in [0.717, 1.165) is 11.6 Å². The molecule has 0 saturated heterocycles. The van der Waals surface area contributed by atoms with Gasteiger partial charge in [0.1, 0.15) is 0 Å². The Balaban J connectivity index is 2.47. The van der Waals surface area contributed by atoms with Crippen LogP contribution in [0.1, 0.15) is 23.1 Å². The molecule has 1 unspecified atom stereocenters. The second-order valence-electron chi connectivity index (χ2n) is 3.94. The van der Waals surface area contributed by atoms with E-state index >= 15 is 0 Å². The highest BCUT2D eigenvalue weighted by Crippen LogP contribution is 2.35. The Bertz CT molecular complexity index is 371. The zero-order valence-electron chi connectivity index (χ0n) is 8.14. The fraction of sp³-hybridized carbons (Fsp3) is 0.455. The average Bonchev–Trinajstić information content (AvgIpc) is 2.15. The maximum absolute atomic E-state index is 12.6. The van der Waals surface area contributed by atoms with E-state index in [1.165, 1.54) is 6.07 Å². The van der Waals surface area contributed by atoms with Gasteiger partial charge in [0.15, 0.2) is 0 Å². The zero-order valence-corrected chi connectivity index (χ0v) is 8.14. The van der Waals surface area contributed by atoms with E-state index in [1.807, 2.05) is 0 Å². The van der Waals surface area contributed by atoms with Crippen molar-refractivity contribution >= 4 is 0 Å². The van der Waals surface area contributed by atoms with Crippen LogP contribution in [0.5, 0.6) is 0 Å². The van der Waals surface area contributed by atoms with Crippen molar-refractivity contribution in [2.24, 2.45) is 5.73 Å². The summed E-state index contributed by atoms with van der Waals surface area (Å²) in [5, 5.41) is 0. The van der Waals surface area contributed by atoms with Crippen LogP contribution >= 0.6 is 0 Å². The van der Waals surface area contributed by atoms with Crippen LogP contribution in [0.2, 0.25) is 0 Å². The third-order valence-electron chi connectivity index (χ3n) is 2.83. The maximum Gasteiger partial charge on any atom is 0.416 e. The molecule has 4 heteroatoms. The van der Waals surface area contributed by atoms with Gasteiger partial charge in [-0.15, -0.1) is 0 Å². The Morgan fingerprint density at radius 2 is 2.00 bits per heavy atom. The van der Waals surface area contributed by atoms with Gasteiger partial charge in [0.25, 0.3) is 0 Å². The van der Waals surface area contributed by atoms with Crippen molar-refractivity contribution in [3.8, 4) is 0 Å². The lowest BCUT2D eigenvalue weighted by molar-refractivity contribution is -0.138. The first-order valence-electron chi connectivity index (χ1n) is 4.92. The molecule has 82 valence electrons. The SMILES string of the molecule is NC1CCc2c(cccc2C(F)(F)F)C1. The number of benzene rings is 1. The molecule has 1 aromatic rings. The molecule has 2 rings (SSSR count). The molecule has 0 amide bonds. The monoisotopic (exact) mass is 215 g/mol. The number of rotatable bonds is 0. The molecule has 0 heterocycles. The summed E-state index contributed by atoms with van der Waals surface area (Å²) in [6.45, 7) is 0. The summed E-state index contributed by atoms with van der Waals surface area (Å²) in [5.74, 6) is 0. The molecule has 15 heavy (non-hydrogen) atoms. The third kappa shape index (κ3) is 2.00. The van der Waals surface area contributed by atoms with Gasteiger partial charge in [-0.05, 0) is 36.5 Å². The highest BCUT2D eigenvalue weighted by Gasteiger charge is 2.34. The molecule has 0 radical (unpaired) electrons. The van der Waals surface area contributed by atoms with Gasteiger partial charge in [0, 0.05) is 6.04 Å². The molecule has 0 spiro atoms. The molecule has 0 bridgehead atoms. The molecule has 0 aliphatic heterocycles. The number of nitrogens with two attached hydrogens (primary N) is 1. The van der Waals surface area contributed by atoms with Gasteiger partial charge in [0.2, 0.25) is 0 Å². The van der Waals surface area contributed by atoms with Crippen molar-refractivity contribution in [1.82, 2.24) is 0 Å². The molecule has 1 nitrogen and oxygen atoms in total. The molecule has 1 aromatic carbocycles. The summed E-state index contributed by atoms with van der Waals surface area (Å²) < 4.78 is 37.9. The van der Waals surface area contributed by atoms with Crippen molar-refractivity contribution in [2.75, 3.05) is 0 Å². The van der Waals surface area contributed by atoms with E-state index in [-0.39, 0.29) is 6.04 Å². The quantitative estimate of drug-likeness (QED) is 0.707. The zero-order chi connectivity index (χ0) is 11.1. The second-order valence-corrected chi connectivity index (χ2v) is 3.94. The number of hydrogen-bond acceptors (Lipinski definition) is 1. The molecule has 0 fully saturated rings. The Hall–Kier alpha value is -1.03. The molecular weight excluding hydrogens is 203 g/mol. The van der Waals surface area contributed by atoms with Crippen molar-refractivity contribution in [3.63, 3.8) is 0 Å². The van der Waals surface area contributed by atoms with E-state index in [1.54, 1.807) is 6.07 Å². The summed E-state index contributed by atoms with van der Waals surface area (Å²) in [6, 6.07) is 4.35. The summed E-state index contributed by atoms with van der Waals surface area (Å²) in [5.41, 5.74) is 6.42. The van der Waals surface area contributed by atoms with Crippen LogP contribution in [0, 0.1) is 0 Å². The Kier molecular flexibility index (Phi) is 2.46. The largest absolute Gasteiger partial charge is 0.416 e. The predicted molar refractivity (Wildman–Crippen MR) is 51.4 cm³/mol. The lowest BCUT2D eigenvalue weighted by atomic mass is 9.86. The highest BCUT2D eigenvalue weighted by atomic mass is 19.4. The maximum atomic E-state index is 12.6. The number of fused-ring (bicyclic) bond motifs is 1.